The van der Waals surface area contributed by atoms with Crippen LogP contribution in [0.15, 0.2) is 42.5 Å². The Morgan fingerprint density at radius 1 is 1.16 bits per heavy atom. The SMILES string of the molecule is CC(C)(C)C.Fc1ccccc1Cl.N#C[C@]1(c2ccc(Cl)cc2F)CCN(CC(N)=O)C1. The number of hydrogen-bond donors (Lipinski definition) is 1. The summed E-state index contributed by atoms with van der Waals surface area (Å²) in [7, 11) is 0. The van der Waals surface area contributed by atoms with Gasteiger partial charge in [-0.15, -0.1) is 0 Å². The number of rotatable bonds is 3. The summed E-state index contributed by atoms with van der Waals surface area (Å²) in [4.78, 5) is 12.7. The summed E-state index contributed by atoms with van der Waals surface area (Å²) in [5.74, 6) is -1.31. The highest BCUT2D eigenvalue weighted by Gasteiger charge is 2.42. The van der Waals surface area contributed by atoms with Gasteiger partial charge < -0.3 is 5.73 Å². The number of amides is 1. The van der Waals surface area contributed by atoms with E-state index in [1.807, 2.05) is 0 Å². The fourth-order valence-electron chi connectivity index (χ4n) is 2.93. The van der Waals surface area contributed by atoms with Gasteiger partial charge in [-0.3, -0.25) is 9.69 Å². The highest BCUT2D eigenvalue weighted by atomic mass is 35.5. The summed E-state index contributed by atoms with van der Waals surface area (Å²) in [6.07, 6.45) is 0.468. The van der Waals surface area contributed by atoms with Gasteiger partial charge in [0.1, 0.15) is 11.6 Å². The maximum Gasteiger partial charge on any atom is 0.231 e. The molecule has 0 bridgehead atoms. The molecule has 174 valence electrons. The number of benzene rings is 2. The van der Waals surface area contributed by atoms with Crippen molar-refractivity contribution in [3.8, 4) is 6.07 Å². The van der Waals surface area contributed by atoms with Crippen LogP contribution in [0, 0.1) is 28.4 Å². The largest absolute Gasteiger partial charge is 0.369 e. The number of halogens is 4. The number of hydrogen-bond acceptors (Lipinski definition) is 3. The molecule has 2 aromatic carbocycles. The third kappa shape index (κ3) is 9.52. The molecule has 1 amide bonds. The Bertz CT molecular complexity index is 930. The number of carbonyl (C=O) groups is 1. The average Bonchev–Trinajstić information content (AvgIpc) is 3.06. The van der Waals surface area contributed by atoms with Gasteiger partial charge in [-0.2, -0.15) is 5.26 Å². The summed E-state index contributed by atoms with van der Waals surface area (Å²) in [6.45, 7) is 9.67. The Morgan fingerprint density at radius 3 is 2.19 bits per heavy atom. The molecule has 32 heavy (non-hydrogen) atoms. The molecular formula is C24H29Cl2F2N3O. The molecule has 1 saturated heterocycles. The van der Waals surface area contributed by atoms with Crippen molar-refractivity contribution in [1.29, 1.82) is 5.26 Å². The second kappa shape index (κ2) is 12.2. The predicted octanol–water partition coefficient (Wildman–Crippen LogP) is 5.96. The molecule has 8 heteroatoms. The van der Waals surface area contributed by atoms with Crippen molar-refractivity contribution in [2.45, 2.75) is 39.5 Å². The highest BCUT2D eigenvalue weighted by molar-refractivity contribution is 6.30. The van der Waals surface area contributed by atoms with Gasteiger partial charge in [0.25, 0.3) is 0 Å². The Kier molecular flexibility index (Phi) is 10.6. The molecule has 0 saturated carbocycles. The molecule has 1 aliphatic heterocycles. The summed E-state index contributed by atoms with van der Waals surface area (Å²) in [5, 5.41) is 9.89. The van der Waals surface area contributed by atoms with E-state index in [0.717, 1.165) is 0 Å². The van der Waals surface area contributed by atoms with Crippen molar-refractivity contribution in [1.82, 2.24) is 4.90 Å². The standard InChI is InChI=1S/C13H13ClFN3O.C6H4ClF.C5H12/c14-9-1-2-10(11(15)5-9)13(7-16)3-4-18(8-13)6-12(17)19;7-5-3-1-2-4-6(5)8;1-5(2,3)4/h1-2,5H,3-4,6,8H2,(H2,17,19);1-4H;1-4H3/t13-;;/m1../s1. The van der Waals surface area contributed by atoms with Crippen molar-refractivity contribution in [2.24, 2.45) is 11.1 Å². The number of nitrogens with two attached hydrogens (primary N) is 1. The summed E-state index contributed by atoms with van der Waals surface area (Å²) in [6, 6.07) is 12.6. The first-order valence-corrected chi connectivity index (χ1v) is 10.8. The van der Waals surface area contributed by atoms with Crippen LogP contribution < -0.4 is 5.73 Å². The molecule has 0 aromatic heterocycles. The van der Waals surface area contributed by atoms with Gasteiger partial charge in [-0.25, -0.2) is 8.78 Å². The van der Waals surface area contributed by atoms with E-state index in [4.69, 9.17) is 28.9 Å². The maximum absolute atomic E-state index is 14.0. The van der Waals surface area contributed by atoms with E-state index in [-0.39, 0.29) is 17.4 Å². The van der Waals surface area contributed by atoms with E-state index < -0.39 is 17.1 Å². The third-order valence-corrected chi connectivity index (χ3v) is 4.75. The molecule has 1 heterocycles. The average molecular weight is 484 g/mol. The molecule has 0 aliphatic carbocycles. The van der Waals surface area contributed by atoms with Gasteiger partial charge in [-0.05, 0) is 36.1 Å². The van der Waals surface area contributed by atoms with E-state index in [2.05, 4.69) is 33.8 Å². The van der Waals surface area contributed by atoms with E-state index in [1.54, 1.807) is 23.1 Å². The lowest BCUT2D eigenvalue weighted by molar-refractivity contribution is -0.118. The zero-order valence-corrected chi connectivity index (χ0v) is 20.3. The van der Waals surface area contributed by atoms with Crippen molar-refractivity contribution in [2.75, 3.05) is 19.6 Å². The van der Waals surface area contributed by atoms with Crippen LogP contribution in [-0.4, -0.2) is 30.4 Å². The normalized spacial score (nSPS) is 18.0. The van der Waals surface area contributed by atoms with Crippen molar-refractivity contribution in [3.63, 3.8) is 0 Å². The minimum absolute atomic E-state index is 0.0820. The monoisotopic (exact) mass is 483 g/mol. The second-order valence-electron chi connectivity index (χ2n) is 9.16. The van der Waals surface area contributed by atoms with Crippen LogP contribution in [0.3, 0.4) is 0 Å². The van der Waals surface area contributed by atoms with Gasteiger partial charge in [-0.1, -0.05) is 69.1 Å². The molecule has 3 rings (SSSR count). The molecule has 1 atom stereocenters. The van der Waals surface area contributed by atoms with E-state index in [9.17, 15) is 18.8 Å². The first-order chi connectivity index (χ1) is 14.8. The van der Waals surface area contributed by atoms with Gasteiger partial charge in [0.15, 0.2) is 0 Å². The molecule has 2 aromatic rings. The topological polar surface area (TPSA) is 70.1 Å². The molecule has 0 radical (unpaired) electrons. The fourth-order valence-corrected chi connectivity index (χ4v) is 3.23. The first kappa shape index (κ1) is 27.8. The Morgan fingerprint density at radius 2 is 1.75 bits per heavy atom. The smallest absolute Gasteiger partial charge is 0.231 e. The lowest BCUT2D eigenvalue weighted by Gasteiger charge is -2.22. The van der Waals surface area contributed by atoms with E-state index in [0.29, 0.717) is 35.5 Å². The Labute approximate surface area is 198 Å². The van der Waals surface area contributed by atoms with Crippen LogP contribution in [0.25, 0.3) is 0 Å². The van der Waals surface area contributed by atoms with E-state index in [1.165, 1.54) is 24.3 Å². The van der Waals surface area contributed by atoms with Crippen LogP contribution in [-0.2, 0) is 10.2 Å². The minimum Gasteiger partial charge on any atom is -0.369 e. The van der Waals surface area contributed by atoms with Crippen molar-refractivity contribution in [3.05, 3.63) is 69.7 Å². The van der Waals surface area contributed by atoms with Crippen LogP contribution >= 0.6 is 23.2 Å². The quantitative estimate of drug-likeness (QED) is 0.584. The van der Waals surface area contributed by atoms with Crippen molar-refractivity contribution >= 4 is 29.1 Å². The lowest BCUT2D eigenvalue weighted by Crippen LogP contribution is -2.35. The zero-order valence-electron chi connectivity index (χ0n) is 18.8. The number of carbonyl (C=O) groups excluding carboxylic acids is 1. The van der Waals surface area contributed by atoms with Gasteiger partial charge in [0.2, 0.25) is 5.91 Å². The number of nitrogens with zero attached hydrogens (tertiary/aromatic N) is 2. The summed E-state index contributed by atoms with van der Waals surface area (Å²) in [5.41, 5.74) is 5.02. The third-order valence-electron chi connectivity index (χ3n) is 4.21. The van der Waals surface area contributed by atoms with Gasteiger partial charge in [0.05, 0.1) is 23.1 Å². The molecular weight excluding hydrogens is 455 g/mol. The van der Waals surface area contributed by atoms with Crippen molar-refractivity contribution < 1.29 is 13.6 Å². The molecule has 2 N–H and O–H groups in total. The first-order valence-electron chi connectivity index (χ1n) is 10.0. The van der Waals surface area contributed by atoms with Crippen LogP contribution in [0.4, 0.5) is 8.78 Å². The Balaban J connectivity index is 0.000000323. The van der Waals surface area contributed by atoms with Gasteiger partial charge >= 0.3 is 0 Å². The van der Waals surface area contributed by atoms with Crippen LogP contribution in [0.2, 0.25) is 10.0 Å². The predicted molar refractivity (Wildman–Crippen MR) is 125 cm³/mol. The zero-order chi connectivity index (χ0) is 24.5. The number of nitriles is 1. The Hall–Kier alpha value is -2.20. The number of likely N-dealkylation sites (tertiary alicyclic amines) is 1. The second-order valence-corrected chi connectivity index (χ2v) is 10.0. The fraction of sp³-hybridized carbons (Fsp3) is 0.417. The lowest BCUT2D eigenvalue weighted by atomic mass is 9.81. The van der Waals surface area contributed by atoms with E-state index >= 15 is 0 Å². The van der Waals surface area contributed by atoms with Gasteiger partial charge in [0, 0.05) is 23.7 Å². The maximum atomic E-state index is 14.0. The molecule has 0 spiro atoms. The highest BCUT2D eigenvalue weighted by Crippen LogP contribution is 2.36. The molecule has 1 fully saturated rings. The van der Waals surface area contributed by atoms with Crippen LogP contribution in [0.1, 0.15) is 39.7 Å². The summed E-state index contributed by atoms with van der Waals surface area (Å²) < 4.78 is 26.2. The van der Waals surface area contributed by atoms with Crippen LogP contribution in [0.5, 0.6) is 0 Å². The molecule has 4 nitrogen and oxygen atoms in total. The minimum atomic E-state index is -0.940. The molecule has 0 unspecified atom stereocenters. The number of primary amides is 1. The summed E-state index contributed by atoms with van der Waals surface area (Å²) >= 11 is 11.0. The molecule has 1 aliphatic rings.